The van der Waals surface area contributed by atoms with Gasteiger partial charge in [0.25, 0.3) is 0 Å². The SMILES string of the molecule is O=C(NCc1cnccn1)NCc1c(F)cccc1N1CCCC1. The Labute approximate surface area is 140 Å². The molecule has 3 rings (SSSR count). The van der Waals surface area contributed by atoms with Crippen LogP contribution in [-0.2, 0) is 13.1 Å². The fourth-order valence-corrected chi connectivity index (χ4v) is 2.80. The highest BCUT2D eigenvalue weighted by atomic mass is 19.1. The van der Waals surface area contributed by atoms with Crippen molar-refractivity contribution in [3.05, 3.63) is 53.9 Å². The van der Waals surface area contributed by atoms with Gasteiger partial charge in [0, 0.05) is 43.3 Å². The third-order valence-electron chi connectivity index (χ3n) is 4.01. The molecule has 0 bridgehead atoms. The summed E-state index contributed by atoms with van der Waals surface area (Å²) in [6.07, 6.45) is 6.95. The van der Waals surface area contributed by atoms with Gasteiger partial charge in [-0.2, -0.15) is 0 Å². The summed E-state index contributed by atoms with van der Waals surface area (Å²) in [7, 11) is 0. The van der Waals surface area contributed by atoms with Gasteiger partial charge in [0.1, 0.15) is 5.82 Å². The molecule has 1 aliphatic rings. The topological polar surface area (TPSA) is 70.1 Å². The van der Waals surface area contributed by atoms with Crippen LogP contribution in [0.2, 0.25) is 0 Å². The minimum atomic E-state index is -0.365. The molecule has 1 aromatic heterocycles. The van der Waals surface area contributed by atoms with E-state index in [1.165, 1.54) is 6.07 Å². The lowest BCUT2D eigenvalue weighted by Crippen LogP contribution is -2.35. The fraction of sp³-hybridized carbons (Fsp3) is 0.353. The molecule has 2 heterocycles. The Morgan fingerprint density at radius 2 is 1.96 bits per heavy atom. The van der Waals surface area contributed by atoms with Crippen molar-refractivity contribution in [3.63, 3.8) is 0 Å². The maximum atomic E-state index is 14.2. The molecule has 2 amide bonds. The van der Waals surface area contributed by atoms with Gasteiger partial charge in [0.05, 0.1) is 18.4 Å². The fourth-order valence-electron chi connectivity index (χ4n) is 2.80. The molecule has 6 nitrogen and oxygen atoms in total. The number of rotatable bonds is 5. The maximum absolute atomic E-state index is 14.2. The van der Waals surface area contributed by atoms with Crippen LogP contribution in [0.3, 0.4) is 0 Å². The molecule has 0 spiro atoms. The highest BCUT2D eigenvalue weighted by Crippen LogP contribution is 2.26. The molecule has 0 unspecified atom stereocenters. The van der Waals surface area contributed by atoms with Crippen LogP contribution < -0.4 is 15.5 Å². The van der Waals surface area contributed by atoms with Crippen LogP contribution in [0.5, 0.6) is 0 Å². The number of amides is 2. The Morgan fingerprint density at radius 1 is 1.17 bits per heavy atom. The smallest absolute Gasteiger partial charge is 0.315 e. The summed E-state index contributed by atoms with van der Waals surface area (Å²) in [5.74, 6) is -0.298. The Morgan fingerprint density at radius 3 is 2.71 bits per heavy atom. The molecule has 2 aromatic rings. The highest BCUT2D eigenvalue weighted by molar-refractivity contribution is 5.74. The number of aromatic nitrogens is 2. The minimum absolute atomic E-state index is 0.144. The number of anilines is 1. The van der Waals surface area contributed by atoms with E-state index in [2.05, 4.69) is 25.5 Å². The first kappa shape index (κ1) is 16.2. The van der Waals surface area contributed by atoms with Crippen LogP contribution in [0, 0.1) is 5.82 Å². The van der Waals surface area contributed by atoms with Gasteiger partial charge in [-0.15, -0.1) is 0 Å². The summed E-state index contributed by atoms with van der Waals surface area (Å²) in [5.41, 5.74) is 2.05. The number of urea groups is 1. The first-order valence-corrected chi connectivity index (χ1v) is 8.03. The van der Waals surface area contributed by atoms with Crippen LogP contribution in [0.1, 0.15) is 24.1 Å². The van der Waals surface area contributed by atoms with E-state index in [4.69, 9.17) is 0 Å². The first-order valence-electron chi connectivity index (χ1n) is 8.03. The monoisotopic (exact) mass is 329 g/mol. The molecule has 1 fully saturated rings. The number of carbonyl (C=O) groups excluding carboxylic acids is 1. The van der Waals surface area contributed by atoms with Crippen molar-refractivity contribution < 1.29 is 9.18 Å². The Hall–Kier alpha value is -2.70. The normalized spacial score (nSPS) is 13.8. The Bertz CT molecular complexity index is 689. The summed E-state index contributed by atoms with van der Waals surface area (Å²) in [6, 6.07) is 4.67. The van der Waals surface area contributed by atoms with E-state index in [1.807, 2.05) is 6.07 Å². The van der Waals surface area contributed by atoms with E-state index in [1.54, 1.807) is 24.7 Å². The third kappa shape index (κ3) is 3.98. The Balaban J connectivity index is 1.58. The van der Waals surface area contributed by atoms with E-state index < -0.39 is 0 Å². The molecule has 0 aliphatic carbocycles. The van der Waals surface area contributed by atoms with Gasteiger partial charge in [0.2, 0.25) is 0 Å². The summed E-state index contributed by atoms with van der Waals surface area (Å²) in [5, 5.41) is 5.40. The van der Waals surface area contributed by atoms with E-state index in [-0.39, 0.29) is 24.9 Å². The van der Waals surface area contributed by atoms with Crippen LogP contribution in [0.25, 0.3) is 0 Å². The van der Waals surface area contributed by atoms with Crippen molar-refractivity contribution in [2.45, 2.75) is 25.9 Å². The Kier molecular flexibility index (Phi) is 5.20. The van der Waals surface area contributed by atoms with Crippen molar-refractivity contribution in [2.75, 3.05) is 18.0 Å². The zero-order valence-corrected chi connectivity index (χ0v) is 13.3. The zero-order valence-electron chi connectivity index (χ0n) is 13.3. The molecule has 1 aromatic carbocycles. The van der Waals surface area contributed by atoms with Gasteiger partial charge in [0.15, 0.2) is 0 Å². The molecular formula is C17H20FN5O. The first-order chi connectivity index (χ1) is 11.7. The average Bonchev–Trinajstić information content (AvgIpc) is 3.14. The molecule has 2 N–H and O–H groups in total. The second-order valence-corrected chi connectivity index (χ2v) is 5.66. The predicted molar refractivity (Wildman–Crippen MR) is 89.0 cm³/mol. The summed E-state index contributed by atoms with van der Waals surface area (Å²) in [6.45, 7) is 2.27. The number of carbonyl (C=O) groups is 1. The number of nitrogens with zero attached hydrogens (tertiary/aromatic N) is 3. The molecule has 24 heavy (non-hydrogen) atoms. The number of hydrogen-bond acceptors (Lipinski definition) is 4. The second kappa shape index (κ2) is 7.72. The molecule has 0 atom stereocenters. The third-order valence-corrected chi connectivity index (χ3v) is 4.01. The van der Waals surface area contributed by atoms with E-state index in [0.29, 0.717) is 11.3 Å². The van der Waals surface area contributed by atoms with Crippen molar-refractivity contribution >= 4 is 11.7 Å². The summed E-state index contributed by atoms with van der Waals surface area (Å²) in [4.78, 5) is 22.1. The van der Waals surface area contributed by atoms with Gasteiger partial charge in [-0.25, -0.2) is 9.18 Å². The quantitative estimate of drug-likeness (QED) is 0.882. The largest absolute Gasteiger partial charge is 0.371 e. The van der Waals surface area contributed by atoms with Crippen LogP contribution in [0.4, 0.5) is 14.9 Å². The maximum Gasteiger partial charge on any atom is 0.315 e. The van der Waals surface area contributed by atoms with E-state index in [9.17, 15) is 9.18 Å². The molecular weight excluding hydrogens is 309 g/mol. The van der Waals surface area contributed by atoms with Crippen LogP contribution in [-0.4, -0.2) is 29.1 Å². The van der Waals surface area contributed by atoms with E-state index in [0.717, 1.165) is 31.6 Å². The highest BCUT2D eigenvalue weighted by Gasteiger charge is 2.18. The lowest BCUT2D eigenvalue weighted by Gasteiger charge is -2.22. The second-order valence-electron chi connectivity index (χ2n) is 5.66. The molecule has 0 saturated carbocycles. The van der Waals surface area contributed by atoms with Crippen molar-refractivity contribution in [1.82, 2.24) is 20.6 Å². The zero-order chi connectivity index (χ0) is 16.8. The van der Waals surface area contributed by atoms with Crippen molar-refractivity contribution in [1.29, 1.82) is 0 Å². The molecule has 7 heteroatoms. The lowest BCUT2D eigenvalue weighted by molar-refractivity contribution is 0.240. The van der Waals surface area contributed by atoms with Gasteiger partial charge in [-0.1, -0.05) is 6.07 Å². The van der Waals surface area contributed by atoms with Crippen LogP contribution >= 0.6 is 0 Å². The number of nitrogens with one attached hydrogen (secondary N) is 2. The van der Waals surface area contributed by atoms with Crippen LogP contribution in [0.15, 0.2) is 36.8 Å². The molecule has 1 aliphatic heterocycles. The summed E-state index contributed by atoms with van der Waals surface area (Å²) < 4.78 is 14.2. The van der Waals surface area contributed by atoms with Crippen molar-refractivity contribution in [2.24, 2.45) is 0 Å². The molecule has 1 saturated heterocycles. The van der Waals surface area contributed by atoms with Gasteiger partial charge >= 0.3 is 6.03 Å². The standard InChI is InChI=1S/C17H20FN5O/c18-15-4-3-5-16(23-8-1-2-9-23)14(15)12-22-17(24)21-11-13-10-19-6-7-20-13/h3-7,10H,1-2,8-9,11-12H2,(H2,21,22,24). The number of halogens is 1. The number of hydrogen-bond donors (Lipinski definition) is 2. The van der Waals surface area contributed by atoms with Gasteiger partial charge < -0.3 is 15.5 Å². The predicted octanol–water partition coefficient (Wildman–Crippen LogP) is 2.22. The van der Waals surface area contributed by atoms with Gasteiger partial charge in [-0.3, -0.25) is 9.97 Å². The number of benzene rings is 1. The summed E-state index contributed by atoms with van der Waals surface area (Å²) >= 11 is 0. The molecule has 0 radical (unpaired) electrons. The minimum Gasteiger partial charge on any atom is -0.371 e. The van der Waals surface area contributed by atoms with Crippen molar-refractivity contribution in [3.8, 4) is 0 Å². The van der Waals surface area contributed by atoms with Gasteiger partial charge in [-0.05, 0) is 25.0 Å². The van der Waals surface area contributed by atoms with E-state index >= 15 is 0 Å². The lowest BCUT2D eigenvalue weighted by atomic mass is 10.1. The average molecular weight is 329 g/mol. The molecule has 126 valence electrons.